The molecule has 0 nitrogen and oxygen atoms in total. The maximum atomic E-state index is 6.00. The van der Waals surface area contributed by atoms with Crippen molar-refractivity contribution >= 4 is 39.1 Å². The number of rotatable bonds is 6. The summed E-state index contributed by atoms with van der Waals surface area (Å²) < 4.78 is 0. The zero-order chi connectivity index (χ0) is 8.69. The third-order valence-electron chi connectivity index (χ3n) is 1.45. The Morgan fingerprint density at radius 1 is 1.36 bits per heavy atom. The van der Waals surface area contributed by atoms with Gasteiger partial charge in [-0.25, -0.2) is 0 Å². The summed E-state index contributed by atoms with van der Waals surface area (Å²) in [4.78, 5) is 0.467. The fourth-order valence-electron chi connectivity index (χ4n) is 0.853. The van der Waals surface area contributed by atoms with Gasteiger partial charge < -0.3 is 0 Å². The minimum Gasteiger partial charge on any atom is -0.127 e. The van der Waals surface area contributed by atoms with Gasteiger partial charge in [0.05, 0.1) is 0 Å². The largest absolute Gasteiger partial charge is 0.127 e. The molecule has 0 aromatic rings. The Morgan fingerprint density at radius 3 is 2.45 bits per heavy atom. The average Bonchev–Trinajstić information content (AvgIpc) is 1.87. The van der Waals surface area contributed by atoms with E-state index in [4.69, 9.17) is 23.2 Å². The Labute approximate surface area is 87.8 Å². The molecule has 67 valence electrons. The lowest BCUT2D eigenvalue weighted by molar-refractivity contribution is 0.665. The zero-order valence-corrected chi connectivity index (χ0v) is 9.63. The second kappa shape index (κ2) is 7.70. The summed E-state index contributed by atoms with van der Waals surface area (Å²) in [6.07, 6.45) is 3.88. The van der Waals surface area contributed by atoms with Crippen molar-refractivity contribution in [1.29, 1.82) is 0 Å². The van der Waals surface area contributed by atoms with Crippen molar-refractivity contribution in [1.82, 2.24) is 0 Å². The number of hydrogen-bond acceptors (Lipinski definition) is 0. The molecule has 3 heteroatoms. The Bertz CT molecular complexity index is 78.2. The normalized spacial score (nSPS) is 16.4. The Hall–Kier alpha value is 1.06. The highest BCUT2D eigenvalue weighted by Crippen LogP contribution is 2.19. The predicted molar refractivity (Wildman–Crippen MR) is 56.9 cm³/mol. The van der Waals surface area contributed by atoms with E-state index < -0.39 is 0 Å². The van der Waals surface area contributed by atoms with Crippen molar-refractivity contribution in [2.45, 2.75) is 35.9 Å². The van der Waals surface area contributed by atoms with Crippen molar-refractivity contribution < 1.29 is 0 Å². The second-order valence-corrected chi connectivity index (χ2v) is 4.84. The highest BCUT2D eigenvalue weighted by Gasteiger charge is 2.09. The van der Waals surface area contributed by atoms with Crippen molar-refractivity contribution in [3.8, 4) is 0 Å². The first-order valence-corrected chi connectivity index (χ1v) is 5.72. The van der Waals surface area contributed by atoms with Crippen LogP contribution < -0.4 is 0 Å². The van der Waals surface area contributed by atoms with E-state index in [1.54, 1.807) is 0 Å². The van der Waals surface area contributed by atoms with Gasteiger partial charge in [-0.2, -0.15) is 0 Å². The zero-order valence-electron chi connectivity index (χ0n) is 6.53. The summed E-state index contributed by atoms with van der Waals surface area (Å²) in [5.74, 6) is 0.698. The summed E-state index contributed by atoms with van der Waals surface area (Å²) in [7, 11) is 0. The molecule has 2 atom stereocenters. The van der Waals surface area contributed by atoms with E-state index >= 15 is 0 Å². The van der Waals surface area contributed by atoms with Gasteiger partial charge in [0.1, 0.15) is 0 Å². The van der Waals surface area contributed by atoms with E-state index in [9.17, 15) is 0 Å². The van der Waals surface area contributed by atoms with Gasteiger partial charge in [-0.1, -0.05) is 29.3 Å². The van der Waals surface area contributed by atoms with Gasteiger partial charge in [0.15, 0.2) is 0 Å². The smallest absolute Gasteiger partial charge is 0.0346 e. The molecule has 0 saturated carbocycles. The fraction of sp³-hybridized carbons (Fsp3) is 0.875. The molecule has 0 aromatic carbocycles. The van der Waals surface area contributed by atoms with Gasteiger partial charge in [-0.05, 0) is 19.3 Å². The third kappa shape index (κ3) is 7.42. The molecule has 0 heterocycles. The lowest BCUT2D eigenvalue weighted by Crippen LogP contribution is -2.08. The molecular weight excluding hydrogens is 247 g/mol. The van der Waals surface area contributed by atoms with E-state index in [-0.39, 0.29) is 5.38 Å². The van der Waals surface area contributed by atoms with Crippen molar-refractivity contribution in [3.63, 3.8) is 0 Å². The molecule has 0 amide bonds. The Morgan fingerprint density at radius 2 is 2.00 bits per heavy atom. The molecule has 0 fully saturated rings. The standard InChI is InChI=1S/C8H14BrCl2/c1-2-3-8(11)6-7(9)4-5-10/h7-8H,1-6H2. The van der Waals surface area contributed by atoms with Gasteiger partial charge >= 0.3 is 0 Å². The number of hydrogen-bond donors (Lipinski definition) is 0. The molecule has 2 unspecified atom stereocenters. The topological polar surface area (TPSA) is 0 Å². The predicted octanol–water partition coefficient (Wildman–Crippen LogP) is 3.99. The van der Waals surface area contributed by atoms with Crippen LogP contribution in [-0.4, -0.2) is 16.1 Å². The molecule has 0 aliphatic rings. The lowest BCUT2D eigenvalue weighted by Gasteiger charge is -2.11. The Kier molecular flexibility index (Phi) is 8.44. The molecule has 0 rings (SSSR count). The lowest BCUT2D eigenvalue weighted by atomic mass is 10.1. The number of alkyl halides is 3. The van der Waals surface area contributed by atoms with Crippen LogP contribution in [0.25, 0.3) is 0 Å². The summed E-state index contributed by atoms with van der Waals surface area (Å²) in [6.45, 7) is 3.75. The quantitative estimate of drug-likeness (QED) is 0.634. The SMILES string of the molecule is [CH2]CCC(Cl)CC(Br)CCCl. The summed E-state index contributed by atoms with van der Waals surface area (Å²) in [5.41, 5.74) is 0. The van der Waals surface area contributed by atoms with Crippen molar-refractivity contribution in [3.05, 3.63) is 6.92 Å². The molecule has 0 N–H and O–H groups in total. The van der Waals surface area contributed by atoms with Gasteiger partial charge in [-0.15, -0.1) is 23.2 Å². The van der Waals surface area contributed by atoms with Crippen LogP contribution >= 0.6 is 39.1 Å². The minimum atomic E-state index is 0.250. The first kappa shape index (κ1) is 12.1. The van der Waals surface area contributed by atoms with Crippen LogP contribution in [-0.2, 0) is 0 Å². The third-order valence-corrected chi connectivity index (χ3v) is 2.90. The van der Waals surface area contributed by atoms with Crippen LogP contribution in [0.15, 0.2) is 0 Å². The van der Waals surface area contributed by atoms with E-state index in [1.807, 2.05) is 0 Å². The number of halogens is 3. The first-order valence-electron chi connectivity index (χ1n) is 3.84. The molecule has 1 radical (unpaired) electrons. The van der Waals surface area contributed by atoms with Gasteiger partial charge in [0, 0.05) is 16.1 Å². The van der Waals surface area contributed by atoms with Crippen LogP contribution in [0, 0.1) is 6.92 Å². The highest BCUT2D eigenvalue weighted by atomic mass is 79.9. The highest BCUT2D eigenvalue weighted by molar-refractivity contribution is 9.09. The molecule has 0 aliphatic carbocycles. The molecule has 0 saturated heterocycles. The first-order chi connectivity index (χ1) is 5.20. The monoisotopic (exact) mass is 259 g/mol. The van der Waals surface area contributed by atoms with E-state index in [1.165, 1.54) is 0 Å². The fourth-order valence-corrected chi connectivity index (χ4v) is 2.64. The van der Waals surface area contributed by atoms with Crippen molar-refractivity contribution in [2.24, 2.45) is 0 Å². The summed E-state index contributed by atoms with van der Waals surface area (Å²) in [5, 5.41) is 0.250. The molecule has 0 bridgehead atoms. The minimum absolute atomic E-state index is 0.250. The van der Waals surface area contributed by atoms with E-state index in [0.29, 0.717) is 10.7 Å². The molecule has 11 heavy (non-hydrogen) atoms. The van der Waals surface area contributed by atoms with Crippen molar-refractivity contribution in [2.75, 3.05) is 5.88 Å². The van der Waals surface area contributed by atoms with Gasteiger partial charge in [0.2, 0.25) is 0 Å². The molecule has 0 aromatic heterocycles. The molecular formula is C8H14BrCl2. The second-order valence-electron chi connectivity index (χ2n) is 2.55. The maximum absolute atomic E-state index is 6.00. The summed E-state index contributed by atoms with van der Waals surface area (Å²) >= 11 is 15.1. The Balaban J connectivity index is 3.32. The van der Waals surface area contributed by atoms with Crippen LogP contribution in [0.2, 0.25) is 0 Å². The van der Waals surface area contributed by atoms with Crippen LogP contribution in [0.4, 0.5) is 0 Å². The van der Waals surface area contributed by atoms with Gasteiger partial charge in [-0.3, -0.25) is 0 Å². The van der Waals surface area contributed by atoms with Gasteiger partial charge in [0.25, 0.3) is 0 Å². The average molecular weight is 261 g/mol. The summed E-state index contributed by atoms with van der Waals surface area (Å²) in [6, 6.07) is 0. The van der Waals surface area contributed by atoms with E-state index in [0.717, 1.165) is 25.7 Å². The molecule has 0 spiro atoms. The van der Waals surface area contributed by atoms with Crippen LogP contribution in [0.3, 0.4) is 0 Å². The molecule has 0 aliphatic heterocycles. The van der Waals surface area contributed by atoms with Crippen LogP contribution in [0.5, 0.6) is 0 Å². The maximum Gasteiger partial charge on any atom is 0.0346 e. The van der Waals surface area contributed by atoms with Crippen LogP contribution in [0.1, 0.15) is 25.7 Å². The van der Waals surface area contributed by atoms with E-state index in [2.05, 4.69) is 22.9 Å².